The number of nitrogens with zero attached hydrogens (tertiary/aromatic N) is 6. The second-order valence-electron chi connectivity index (χ2n) is 9.82. The monoisotopic (exact) mass is 518 g/mol. The van der Waals surface area contributed by atoms with Gasteiger partial charge in [-0.15, -0.1) is 10.2 Å². The highest BCUT2D eigenvalue weighted by Gasteiger charge is 2.45. The van der Waals surface area contributed by atoms with Crippen molar-refractivity contribution in [3.63, 3.8) is 0 Å². The Bertz CT molecular complexity index is 1550. The van der Waals surface area contributed by atoms with Gasteiger partial charge in [0.25, 0.3) is 5.91 Å². The Morgan fingerprint density at radius 2 is 1.81 bits per heavy atom. The molecule has 37 heavy (non-hydrogen) atoms. The minimum atomic E-state index is -0.356. The largest absolute Gasteiger partial charge is 0.375 e. The number of likely N-dealkylation sites (tertiary alicyclic amines) is 1. The van der Waals surface area contributed by atoms with Crippen LogP contribution >= 0.6 is 11.6 Å². The van der Waals surface area contributed by atoms with Crippen molar-refractivity contribution in [2.45, 2.75) is 32.9 Å². The number of anilines is 1. The van der Waals surface area contributed by atoms with Gasteiger partial charge in [-0.1, -0.05) is 23.7 Å². The number of rotatable bonds is 5. The second kappa shape index (κ2) is 8.71. The number of amides is 2. The van der Waals surface area contributed by atoms with Gasteiger partial charge in [-0.2, -0.15) is 0 Å². The number of methoxy groups -OCH3 is 1. The van der Waals surface area contributed by atoms with Crippen molar-refractivity contribution in [3.05, 3.63) is 81.5 Å². The van der Waals surface area contributed by atoms with Crippen LogP contribution < -0.4 is 4.90 Å². The lowest BCUT2D eigenvalue weighted by Gasteiger charge is -2.41. The number of hydrogen-bond donors (Lipinski definition) is 0. The molecule has 0 bridgehead atoms. The van der Waals surface area contributed by atoms with Crippen LogP contribution in [0.2, 0.25) is 5.02 Å². The summed E-state index contributed by atoms with van der Waals surface area (Å²) in [5.41, 5.74) is 5.99. The fraction of sp³-hybridized carbons (Fsp3) is 0.333. The molecule has 1 saturated heterocycles. The van der Waals surface area contributed by atoms with Gasteiger partial charge in [0, 0.05) is 37.6 Å². The van der Waals surface area contributed by atoms with Crippen molar-refractivity contribution in [1.29, 1.82) is 0 Å². The quantitative estimate of drug-likeness (QED) is 0.400. The summed E-state index contributed by atoms with van der Waals surface area (Å²) in [5.74, 6) is 0.671. The van der Waals surface area contributed by atoms with Gasteiger partial charge >= 0.3 is 0 Å². The van der Waals surface area contributed by atoms with Gasteiger partial charge in [0.15, 0.2) is 5.65 Å². The first-order chi connectivity index (χ1) is 17.8. The van der Waals surface area contributed by atoms with E-state index in [0.717, 1.165) is 39.5 Å². The molecule has 2 amide bonds. The first kappa shape index (κ1) is 23.7. The molecule has 9 nitrogen and oxygen atoms in total. The minimum Gasteiger partial charge on any atom is -0.375 e. The van der Waals surface area contributed by atoms with Gasteiger partial charge in [-0.05, 0) is 55.7 Å². The Morgan fingerprint density at radius 1 is 1.08 bits per heavy atom. The lowest BCUT2D eigenvalue weighted by atomic mass is 10.0. The molecule has 2 aliphatic rings. The number of aromatic nitrogens is 4. The molecule has 1 unspecified atom stereocenters. The zero-order valence-electron chi connectivity index (χ0n) is 21.1. The van der Waals surface area contributed by atoms with Crippen molar-refractivity contribution in [2.75, 3.05) is 31.7 Å². The van der Waals surface area contributed by atoms with Crippen molar-refractivity contribution in [2.24, 2.45) is 0 Å². The number of hydrogen-bond acceptors (Lipinski definition) is 5. The van der Waals surface area contributed by atoms with Crippen molar-refractivity contribution in [3.8, 4) is 0 Å². The fourth-order valence-electron chi connectivity index (χ4n) is 5.54. The predicted octanol–water partition coefficient (Wildman–Crippen LogP) is 3.89. The van der Waals surface area contributed by atoms with Gasteiger partial charge < -0.3 is 14.2 Å². The van der Waals surface area contributed by atoms with Crippen LogP contribution in [-0.4, -0.2) is 62.7 Å². The van der Waals surface area contributed by atoms with Crippen molar-refractivity contribution in [1.82, 2.24) is 24.1 Å². The predicted molar refractivity (Wildman–Crippen MR) is 139 cm³/mol. The van der Waals surface area contributed by atoms with Crippen molar-refractivity contribution < 1.29 is 14.3 Å². The molecule has 0 spiro atoms. The number of halogens is 1. The molecule has 190 valence electrons. The number of carbonyl (C=O) groups is 2. The molecule has 6 rings (SSSR count). The number of carbonyl (C=O) groups excluding carboxylic acids is 2. The molecule has 0 radical (unpaired) electrons. The molecule has 1 atom stereocenters. The maximum atomic E-state index is 14.1. The summed E-state index contributed by atoms with van der Waals surface area (Å²) in [4.78, 5) is 30.0. The van der Waals surface area contributed by atoms with Crippen LogP contribution in [0.3, 0.4) is 0 Å². The molecule has 0 N–H and O–H groups in total. The summed E-state index contributed by atoms with van der Waals surface area (Å²) in [6.07, 6.45) is 3.97. The normalized spacial score (nSPS) is 17.5. The maximum Gasteiger partial charge on any atom is 0.261 e. The van der Waals surface area contributed by atoms with Gasteiger partial charge in [-0.3, -0.25) is 18.9 Å². The molecule has 1 fully saturated rings. The Hall–Kier alpha value is -3.69. The zero-order chi connectivity index (χ0) is 26.0. The van der Waals surface area contributed by atoms with Crippen molar-refractivity contribution >= 4 is 34.7 Å². The van der Waals surface area contributed by atoms with E-state index in [4.69, 9.17) is 16.3 Å². The molecule has 2 aliphatic heterocycles. The van der Waals surface area contributed by atoms with Crippen LogP contribution in [-0.2, 0) is 9.53 Å². The van der Waals surface area contributed by atoms with Crippen LogP contribution in [0.4, 0.5) is 5.69 Å². The van der Waals surface area contributed by atoms with E-state index in [2.05, 4.69) is 14.8 Å². The van der Waals surface area contributed by atoms with E-state index in [1.165, 1.54) is 7.11 Å². The first-order valence-electron chi connectivity index (χ1n) is 12.2. The average Bonchev–Trinajstić information content (AvgIpc) is 3.46. The van der Waals surface area contributed by atoms with Gasteiger partial charge in [-0.25, -0.2) is 0 Å². The third-order valence-corrected chi connectivity index (χ3v) is 7.65. The van der Waals surface area contributed by atoms with Gasteiger partial charge in [0.2, 0.25) is 5.91 Å². The molecule has 1 aromatic carbocycles. The smallest absolute Gasteiger partial charge is 0.261 e. The second-order valence-corrected chi connectivity index (χ2v) is 10.3. The highest BCUT2D eigenvalue weighted by atomic mass is 35.5. The van der Waals surface area contributed by atoms with E-state index < -0.39 is 0 Å². The lowest BCUT2D eigenvalue weighted by molar-refractivity contribution is -0.141. The zero-order valence-corrected chi connectivity index (χ0v) is 21.9. The summed E-state index contributed by atoms with van der Waals surface area (Å²) in [6.45, 7) is 7.07. The molecular formula is C27H27ClN6O3. The summed E-state index contributed by atoms with van der Waals surface area (Å²) < 4.78 is 9.12. The van der Waals surface area contributed by atoms with E-state index in [1.807, 2.05) is 72.8 Å². The molecule has 4 aromatic rings. The average molecular weight is 519 g/mol. The Kier molecular flexibility index (Phi) is 5.58. The number of benzene rings is 1. The molecule has 0 aliphatic carbocycles. The maximum absolute atomic E-state index is 14.1. The molecule has 10 heteroatoms. The Balaban J connectivity index is 1.48. The SMILES string of the molecule is COCC(=O)N1CC(n2cc(C)c3c2C(c2ccc(Cl)cc2)N(c2cc(C)c4nnc(C)n4c2)C3=O)C1. The number of ether oxygens (including phenoxy) is 1. The van der Waals surface area contributed by atoms with E-state index in [9.17, 15) is 9.59 Å². The molecule has 5 heterocycles. The third-order valence-electron chi connectivity index (χ3n) is 7.40. The summed E-state index contributed by atoms with van der Waals surface area (Å²) >= 11 is 6.23. The van der Waals surface area contributed by atoms with E-state index in [0.29, 0.717) is 23.7 Å². The minimum absolute atomic E-state index is 0.0284. The van der Waals surface area contributed by atoms with Crippen LogP contribution in [0.25, 0.3) is 5.65 Å². The summed E-state index contributed by atoms with van der Waals surface area (Å²) in [6, 6.07) is 9.36. The summed E-state index contributed by atoms with van der Waals surface area (Å²) in [5, 5.41) is 9.12. The summed E-state index contributed by atoms with van der Waals surface area (Å²) in [7, 11) is 1.52. The molecular weight excluding hydrogens is 492 g/mol. The standard InChI is InChI=1S/C27H27ClN6O3/c1-15-9-20(13-32-17(3)29-30-26(15)32)34-24(18-5-7-19(28)8-6-18)25-23(27(34)36)16(2)10-33(25)21-11-31(12-21)22(35)14-37-4/h5-10,13,21,24H,11-12,14H2,1-4H3. The number of aryl methyl sites for hydroxylation is 3. The van der Waals surface area contributed by atoms with Crippen LogP contribution in [0.1, 0.15) is 50.7 Å². The number of fused-ring (bicyclic) bond motifs is 2. The molecule has 3 aromatic heterocycles. The topological polar surface area (TPSA) is 85.0 Å². The van der Waals surface area contributed by atoms with E-state index in [1.54, 1.807) is 4.90 Å². The van der Waals surface area contributed by atoms with E-state index >= 15 is 0 Å². The van der Waals surface area contributed by atoms with Gasteiger partial charge in [0.1, 0.15) is 18.5 Å². The first-order valence-corrected chi connectivity index (χ1v) is 12.5. The van der Waals surface area contributed by atoms with Crippen LogP contribution in [0, 0.1) is 20.8 Å². The molecule has 0 saturated carbocycles. The van der Waals surface area contributed by atoms with Crippen LogP contribution in [0.5, 0.6) is 0 Å². The van der Waals surface area contributed by atoms with Gasteiger partial charge in [0.05, 0.1) is 23.0 Å². The highest BCUT2D eigenvalue weighted by Crippen LogP contribution is 2.45. The Labute approximate surface area is 219 Å². The highest BCUT2D eigenvalue weighted by molar-refractivity contribution is 6.30. The third kappa shape index (κ3) is 3.64. The Morgan fingerprint density at radius 3 is 2.51 bits per heavy atom. The van der Waals surface area contributed by atoms with Crippen LogP contribution in [0.15, 0.2) is 42.7 Å². The lowest BCUT2D eigenvalue weighted by Crippen LogP contribution is -2.52. The number of pyridine rings is 1. The van der Waals surface area contributed by atoms with E-state index in [-0.39, 0.29) is 30.5 Å². The fourth-order valence-corrected chi connectivity index (χ4v) is 5.67.